The molecule has 0 saturated carbocycles. The van der Waals surface area contributed by atoms with E-state index in [0.717, 1.165) is 16.7 Å². The molecule has 0 saturated heterocycles. The zero-order valence-corrected chi connectivity index (χ0v) is 18.4. The standard InChI is InChI=1S/C24H27N3O4/c1-6-20(24(29)25-17-9-11-21(30-4)22(14-17)31-5)27-23(28)12-10-19(26-27)18-13-15(2)7-8-16(18)3/h7-14,20H,6H2,1-5H3,(H,25,29)/t20-/m0/s1. The van der Waals surface area contributed by atoms with Crippen LogP contribution in [0.5, 0.6) is 11.5 Å². The second-order valence-electron chi connectivity index (χ2n) is 7.30. The minimum Gasteiger partial charge on any atom is -0.493 e. The number of rotatable bonds is 7. The lowest BCUT2D eigenvalue weighted by atomic mass is 10.0. The van der Waals surface area contributed by atoms with Gasteiger partial charge in [-0.3, -0.25) is 9.59 Å². The maximum Gasteiger partial charge on any atom is 0.267 e. The van der Waals surface area contributed by atoms with Gasteiger partial charge in [-0.15, -0.1) is 0 Å². The van der Waals surface area contributed by atoms with Gasteiger partial charge in [0.25, 0.3) is 5.56 Å². The lowest BCUT2D eigenvalue weighted by Gasteiger charge is -2.18. The van der Waals surface area contributed by atoms with Gasteiger partial charge in [-0.2, -0.15) is 5.10 Å². The molecule has 0 aliphatic rings. The van der Waals surface area contributed by atoms with Crippen molar-refractivity contribution in [3.05, 3.63) is 70.0 Å². The van der Waals surface area contributed by atoms with E-state index in [1.54, 1.807) is 31.4 Å². The van der Waals surface area contributed by atoms with Crippen molar-refractivity contribution in [1.29, 1.82) is 0 Å². The molecule has 1 N–H and O–H groups in total. The molecular weight excluding hydrogens is 394 g/mol. The third-order valence-electron chi connectivity index (χ3n) is 5.13. The van der Waals surface area contributed by atoms with Gasteiger partial charge in [0, 0.05) is 23.4 Å². The Morgan fingerprint density at radius 3 is 2.45 bits per heavy atom. The molecule has 2 aromatic carbocycles. The van der Waals surface area contributed by atoms with Crippen LogP contribution in [0.3, 0.4) is 0 Å². The van der Waals surface area contributed by atoms with E-state index in [2.05, 4.69) is 10.4 Å². The summed E-state index contributed by atoms with van der Waals surface area (Å²) in [6.07, 6.45) is 0.405. The van der Waals surface area contributed by atoms with Crippen molar-refractivity contribution in [3.8, 4) is 22.8 Å². The van der Waals surface area contributed by atoms with Gasteiger partial charge < -0.3 is 14.8 Å². The van der Waals surface area contributed by atoms with Crippen LogP contribution in [0.25, 0.3) is 11.3 Å². The third-order valence-corrected chi connectivity index (χ3v) is 5.13. The van der Waals surface area contributed by atoms with Crippen LogP contribution >= 0.6 is 0 Å². The fourth-order valence-electron chi connectivity index (χ4n) is 3.41. The maximum atomic E-state index is 13.0. The summed E-state index contributed by atoms with van der Waals surface area (Å²) in [5.41, 5.74) is 3.94. The molecule has 3 rings (SSSR count). The summed E-state index contributed by atoms with van der Waals surface area (Å²) in [6.45, 7) is 5.84. The van der Waals surface area contributed by atoms with Crippen molar-refractivity contribution in [2.45, 2.75) is 33.2 Å². The molecular formula is C24H27N3O4. The smallest absolute Gasteiger partial charge is 0.267 e. The normalized spacial score (nSPS) is 11.6. The summed E-state index contributed by atoms with van der Waals surface area (Å²) in [4.78, 5) is 25.6. The summed E-state index contributed by atoms with van der Waals surface area (Å²) < 4.78 is 11.8. The SMILES string of the molecule is CC[C@@H](C(=O)Nc1ccc(OC)c(OC)c1)n1nc(-c2cc(C)ccc2C)ccc1=O. The van der Waals surface area contributed by atoms with Gasteiger partial charge in [0.1, 0.15) is 6.04 Å². The molecule has 0 aliphatic carbocycles. The first kappa shape index (κ1) is 22.1. The molecule has 31 heavy (non-hydrogen) atoms. The van der Waals surface area contributed by atoms with E-state index in [4.69, 9.17) is 9.47 Å². The number of benzene rings is 2. The quantitative estimate of drug-likeness (QED) is 0.620. The first-order valence-corrected chi connectivity index (χ1v) is 10.1. The molecule has 0 aliphatic heterocycles. The summed E-state index contributed by atoms with van der Waals surface area (Å²) in [5, 5.41) is 7.39. The molecule has 7 nitrogen and oxygen atoms in total. The summed E-state index contributed by atoms with van der Waals surface area (Å²) in [5.74, 6) is 0.731. The summed E-state index contributed by atoms with van der Waals surface area (Å²) >= 11 is 0. The maximum absolute atomic E-state index is 13.0. The minimum atomic E-state index is -0.759. The van der Waals surface area contributed by atoms with Gasteiger partial charge >= 0.3 is 0 Å². The zero-order chi connectivity index (χ0) is 22.5. The van der Waals surface area contributed by atoms with Crippen LogP contribution in [-0.2, 0) is 4.79 Å². The van der Waals surface area contributed by atoms with E-state index in [0.29, 0.717) is 29.3 Å². The predicted molar refractivity (Wildman–Crippen MR) is 121 cm³/mol. The number of amides is 1. The first-order chi connectivity index (χ1) is 14.9. The minimum absolute atomic E-state index is 0.330. The number of ether oxygens (including phenoxy) is 2. The van der Waals surface area contributed by atoms with Crippen molar-refractivity contribution in [1.82, 2.24) is 9.78 Å². The predicted octanol–water partition coefficient (Wildman–Crippen LogP) is 4.13. The monoisotopic (exact) mass is 421 g/mol. The zero-order valence-electron chi connectivity index (χ0n) is 18.4. The van der Waals surface area contributed by atoms with E-state index in [-0.39, 0.29) is 11.5 Å². The Labute approximate surface area is 181 Å². The number of hydrogen-bond acceptors (Lipinski definition) is 5. The molecule has 0 unspecified atom stereocenters. The Morgan fingerprint density at radius 2 is 1.77 bits per heavy atom. The average molecular weight is 421 g/mol. The second-order valence-corrected chi connectivity index (χ2v) is 7.30. The molecule has 1 atom stereocenters. The fourth-order valence-corrected chi connectivity index (χ4v) is 3.41. The van der Waals surface area contributed by atoms with Crippen molar-refractivity contribution in [3.63, 3.8) is 0 Å². The lowest BCUT2D eigenvalue weighted by molar-refractivity contribution is -0.119. The Hall–Kier alpha value is -3.61. The van der Waals surface area contributed by atoms with Gasteiger partial charge in [-0.05, 0) is 50.1 Å². The number of nitrogens with zero attached hydrogens (tertiary/aromatic N) is 2. The molecule has 1 amide bonds. The Morgan fingerprint density at radius 1 is 1.03 bits per heavy atom. The van der Waals surface area contributed by atoms with Gasteiger partial charge in [0.15, 0.2) is 11.5 Å². The number of aryl methyl sites for hydroxylation is 2. The highest BCUT2D eigenvalue weighted by Gasteiger charge is 2.22. The Kier molecular flexibility index (Phi) is 6.74. The van der Waals surface area contributed by atoms with E-state index in [1.165, 1.54) is 17.9 Å². The lowest BCUT2D eigenvalue weighted by Crippen LogP contribution is -2.34. The average Bonchev–Trinajstić information content (AvgIpc) is 2.77. The fraction of sp³-hybridized carbons (Fsp3) is 0.292. The molecule has 0 spiro atoms. The summed E-state index contributed by atoms with van der Waals surface area (Å²) in [6, 6.07) is 13.6. The van der Waals surface area contributed by atoms with Crippen molar-refractivity contribution >= 4 is 11.6 Å². The van der Waals surface area contributed by atoms with Crippen LogP contribution in [0.15, 0.2) is 53.3 Å². The Balaban J connectivity index is 1.94. The largest absolute Gasteiger partial charge is 0.493 e. The van der Waals surface area contributed by atoms with Crippen LogP contribution in [0.4, 0.5) is 5.69 Å². The number of aromatic nitrogens is 2. The number of methoxy groups -OCH3 is 2. The highest BCUT2D eigenvalue weighted by Crippen LogP contribution is 2.30. The highest BCUT2D eigenvalue weighted by atomic mass is 16.5. The molecule has 162 valence electrons. The summed E-state index contributed by atoms with van der Waals surface area (Å²) in [7, 11) is 3.07. The molecule has 1 heterocycles. The van der Waals surface area contributed by atoms with Crippen LogP contribution in [0, 0.1) is 13.8 Å². The van der Waals surface area contributed by atoms with Gasteiger partial charge in [-0.1, -0.05) is 24.6 Å². The third kappa shape index (κ3) is 4.77. The topological polar surface area (TPSA) is 82.4 Å². The van der Waals surface area contributed by atoms with Crippen molar-refractivity contribution in [2.24, 2.45) is 0 Å². The van der Waals surface area contributed by atoms with Gasteiger partial charge in [-0.25, -0.2) is 4.68 Å². The van der Waals surface area contributed by atoms with E-state index in [9.17, 15) is 9.59 Å². The highest BCUT2D eigenvalue weighted by molar-refractivity contribution is 5.94. The molecule has 1 aromatic heterocycles. The number of carbonyl (C=O) groups excluding carboxylic acids is 1. The van der Waals surface area contributed by atoms with Crippen LogP contribution in [0.1, 0.15) is 30.5 Å². The van der Waals surface area contributed by atoms with E-state index >= 15 is 0 Å². The van der Waals surface area contributed by atoms with Crippen LogP contribution in [0.2, 0.25) is 0 Å². The molecule has 0 bridgehead atoms. The molecule has 0 fully saturated rings. The van der Waals surface area contributed by atoms with Crippen molar-refractivity contribution in [2.75, 3.05) is 19.5 Å². The van der Waals surface area contributed by atoms with E-state index in [1.807, 2.05) is 39.0 Å². The van der Waals surface area contributed by atoms with E-state index < -0.39 is 6.04 Å². The van der Waals surface area contributed by atoms with Crippen LogP contribution in [-0.4, -0.2) is 29.9 Å². The first-order valence-electron chi connectivity index (χ1n) is 10.1. The number of nitrogens with one attached hydrogen (secondary N) is 1. The number of hydrogen-bond donors (Lipinski definition) is 1. The molecule has 3 aromatic rings. The number of carbonyl (C=O) groups is 1. The van der Waals surface area contributed by atoms with Crippen LogP contribution < -0.4 is 20.3 Å². The van der Waals surface area contributed by atoms with Gasteiger partial charge in [0.2, 0.25) is 5.91 Å². The Bertz CT molecular complexity index is 1150. The molecule has 7 heteroatoms. The van der Waals surface area contributed by atoms with Crippen molar-refractivity contribution < 1.29 is 14.3 Å². The van der Waals surface area contributed by atoms with Gasteiger partial charge in [0.05, 0.1) is 19.9 Å². The molecule has 0 radical (unpaired) electrons. The second kappa shape index (κ2) is 9.47. The number of anilines is 1.